The largest absolute Gasteiger partial charge is 0.481 e. The summed E-state index contributed by atoms with van der Waals surface area (Å²) in [6.45, 7) is 5.38. The molecule has 0 radical (unpaired) electrons. The second kappa shape index (κ2) is 13.9. The van der Waals surface area contributed by atoms with Crippen LogP contribution in [0.15, 0.2) is 0 Å². The number of carboxylic acid groups (broad SMARTS) is 1. The van der Waals surface area contributed by atoms with Crippen LogP contribution in [-0.2, 0) is 14.4 Å². The van der Waals surface area contributed by atoms with Gasteiger partial charge in [-0.2, -0.15) is 0 Å². The smallest absolute Gasteiger partial charge is 0.325 e. The summed E-state index contributed by atoms with van der Waals surface area (Å²) in [6, 6.07) is 0. The Morgan fingerprint density at radius 2 is 1.24 bits per heavy atom. The first-order chi connectivity index (χ1) is 10.1. The van der Waals surface area contributed by atoms with Gasteiger partial charge in [-0.05, 0) is 26.7 Å². The summed E-state index contributed by atoms with van der Waals surface area (Å²) in [5.74, 6) is -0.834. The number of carboxylic acids is 1. The van der Waals surface area contributed by atoms with Crippen LogP contribution in [0.4, 0.5) is 0 Å². The monoisotopic (exact) mass is 301 g/mol. The molecule has 0 aliphatic heterocycles. The summed E-state index contributed by atoms with van der Waals surface area (Å²) < 4.78 is 0. The van der Waals surface area contributed by atoms with Gasteiger partial charge in [0.15, 0.2) is 0 Å². The molecule has 5 nitrogen and oxygen atoms in total. The number of carbonyl (C=O) groups excluding carboxylic acids is 1. The third-order valence-corrected chi connectivity index (χ3v) is 3.46. The Bertz CT molecular complexity index is 277. The Morgan fingerprint density at radius 3 is 1.67 bits per heavy atom. The zero-order chi connectivity index (χ0) is 15.9. The minimum Gasteiger partial charge on any atom is -0.481 e. The Morgan fingerprint density at radius 1 is 0.810 bits per heavy atom. The van der Waals surface area contributed by atoms with Crippen LogP contribution in [0, 0.1) is 0 Å². The van der Waals surface area contributed by atoms with Crippen molar-refractivity contribution in [3.63, 3.8) is 0 Å². The van der Waals surface area contributed by atoms with Crippen LogP contribution in [0.3, 0.4) is 0 Å². The highest BCUT2D eigenvalue weighted by molar-refractivity contribution is 5.68. The zero-order valence-corrected chi connectivity index (χ0v) is 13.6. The minimum atomic E-state index is -0.702. The highest BCUT2D eigenvalue weighted by Crippen LogP contribution is 2.11. The molecule has 0 unspecified atom stereocenters. The van der Waals surface area contributed by atoms with Crippen molar-refractivity contribution in [2.45, 2.75) is 78.1 Å². The van der Waals surface area contributed by atoms with E-state index in [0.29, 0.717) is 6.42 Å². The Hall–Kier alpha value is -1.10. The Balaban J connectivity index is 3.28. The molecule has 0 saturated heterocycles. The van der Waals surface area contributed by atoms with Gasteiger partial charge in [0.1, 0.15) is 0 Å². The number of nitrogens with zero attached hydrogens (tertiary/aromatic N) is 1. The van der Waals surface area contributed by atoms with Crippen molar-refractivity contribution in [3.05, 3.63) is 0 Å². The molecule has 0 bridgehead atoms. The second-order valence-corrected chi connectivity index (χ2v) is 5.30. The zero-order valence-electron chi connectivity index (χ0n) is 13.6. The first-order valence-electron chi connectivity index (χ1n) is 8.27. The fraction of sp³-hybridized carbons (Fsp3) is 0.875. The molecule has 5 heteroatoms. The highest BCUT2D eigenvalue weighted by Gasteiger charge is 2.07. The molecule has 124 valence electrons. The van der Waals surface area contributed by atoms with E-state index in [1.807, 2.05) is 13.8 Å². The summed E-state index contributed by atoms with van der Waals surface area (Å²) in [5.41, 5.74) is 0. The molecule has 0 aliphatic carbocycles. The maximum atomic E-state index is 11.5. The third-order valence-electron chi connectivity index (χ3n) is 3.46. The van der Waals surface area contributed by atoms with E-state index in [1.165, 1.54) is 0 Å². The summed E-state index contributed by atoms with van der Waals surface area (Å²) in [4.78, 5) is 27.0. The van der Waals surface area contributed by atoms with Gasteiger partial charge in [-0.3, -0.25) is 9.59 Å². The molecular weight excluding hydrogens is 270 g/mol. The van der Waals surface area contributed by atoms with Gasteiger partial charge in [0, 0.05) is 25.9 Å². The van der Waals surface area contributed by atoms with Gasteiger partial charge in [0.05, 0.1) is 0 Å². The van der Waals surface area contributed by atoms with Crippen LogP contribution in [0.5, 0.6) is 0 Å². The molecule has 0 aromatic carbocycles. The Labute approximate surface area is 128 Å². The number of hydroxylamine groups is 2. The summed E-state index contributed by atoms with van der Waals surface area (Å²) in [5, 5.41) is 10.2. The average molecular weight is 301 g/mol. The van der Waals surface area contributed by atoms with E-state index in [0.717, 1.165) is 64.5 Å². The molecule has 0 aromatic rings. The van der Waals surface area contributed by atoms with E-state index in [-0.39, 0.29) is 12.4 Å². The topological polar surface area (TPSA) is 66.8 Å². The summed E-state index contributed by atoms with van der Waals surface area (Å²) >= 11 is 0. The number of hydrogen-bond donors (Lipinski definition) is 1. The van der Waals surface area contributed by atoms with Crippen LogP contribution in [0.25, 0.3) is 0 Å². The number of rotatable bonds is 14. The fourth-order valence-electron chi connectivity index (χ4n) is 2.15. The van der Waals surface area contributed by atoms with Crippen LogP contribution >= 0.6 is 0 Å². The molecule has 0 atom stereocenters. The van der Waals surface area contributed by atoms with Gasteiger partial charge in [0.2, 0.25) is 0 Å². The number of carbonyl (C=O) groups is 2. The molecule has 0 rings (SSSR count). The molecule has 0 saturated carbocycles. The summed E-state index contributed by atoms with van der Waals surface area (Å²) in [7, 11) is 0. The van der Waals surface area contributed by atoms with Crippen molar-refractivity contribution < 1.29 is 19.5 Å². The molecule has 0 fully saturated rings. The number of aliphatic carboxylic acids is 1. The van der Waals surface area contributed by atoms with Crippen LogP contribution in [0.1, 0.15) is 78.1 Å². The summed E-state index contributed by atoms with van der Waals surface area (Å²) in [6.07, 6.45) is 9.08. The lowest BCUT2D eigenvalue weighted by molar-refractivity contribution is -0.188. The molecule has 0 amide bonds. The van der Waals surface area contributed by atoms with Gasteiger partial charge in [-0.25, -0.2) is 0 Å². The lowest BCUT2D eigenvalue weighted by Crippen LogP contribution is -2.26. The average Bonchev–Trinajstić information content (AvgIpc) is 2.46. The molecule has 0 spiro atoms. The Kier molecular flexibility index (Phi) is 13.1. The standard InChI is InChI=1S/C16H31NO4/c1-3-17(4-2)21-16(20)14-12-10-8-6-5-7-9-11-13-15(18)19/h3-14H2,1-2H3,(H,18,19). The van der Waals surface area contributed by atoms with Crippen molar-refractivity contribution in [1.82, 2.24) is 5.06 Å². The van der Waals surface area contributed by atoms with Crippen molar-refractivity contribution in [2.24, 2.45) is 0 Å². The van der Waals surface area contributed by atoms with E-state index in [2.05, 4.69) is 0 Å². The van der Waals surface area contributed by atoms with Crippen molar-refractivity contribution in [2.75, 3.05) is 13.1 Å². The molecule has 1 N–H and O–H groups in total. The quantitative estimate of drug-likeness (QED) is 0.391. The number of hydrogen-bond acceptors (Lipinski definition) is 4. The van der Waals surface area contributed by atoms with E-state index >= 15 is 0 Å². The van der Waals surface area contributed by atoms with Crippen LogP contribution < -0.4 is 0 Å². The molecular formula is C16H31NO4. The van der Waals surface area contributed by atoms with Crippen molar-refractivity contribution in [1.29, 1.82) is 0 Å². The first-order valence-corrected chi connectivity index (χ1v) is 8.27. The van der Waals surface area contributed by atoms with Crippen LogP contribution in [-0.4, -0.2) is 35.2 Å². The van der Waals surface area contributed by atoms with E-state index in [1.54, 1.807) is 5.06 Å². The SMILES string of the molecule is CCN(CC)OC(=O)CCCCCCCCCCC(=O)O. The third kappa shape index (κ3) is 13.6. The molecule has 0 heterocycles. The second-order valence-electron chi connectivity index (χ2n) is 5.30. The van der Waals surface area contributed by atoms with Gasteiger partial charge < -0.3 is 9.94 Å². The maximum Gasteiger partial charge on any atom is 0.325 e. The predicted octanol–water partition coefficient (Wildman–Crippen LogP) is 3.77. The van der Waals surface area contributed by atoms with E-state index < -0.39 is 5.97 Å². The van der Waals surface area contributed by atoms with Gasteiger partial charge in [-0.15, -0.1) is 5.06 Å². The lowest BCUT2D eigenvalue weighted by Gasteiger charge is -2.16. The van der Waals surface area contributed by atoms with Crippen LogP contribution in [0.2, 0.25) is 0 Å². The first kappa shape index (κ1) is 19.9. The molecule has 0 aliphatic rings. The lowest BCUT2D eigenvalue weighted by atomic mass is 10.1. The highest BCUT2D eigenvalue weighted by atomic mass is 16.7. The molecule has 21 heavy (non-hydrogen) atoms. The molecule has 0 aromatic heterocycles. The number of unbranched alkanes of at least 4 members (excludes halogenated alkanes) is 7. The van der Waals surface area contributed by atoms with Gasteiger partial charge in [0.25, 0.3) is 0 Å². The van der Waals surface area contributed by atoms with E-state index in [9.17, 15) is 9.59 Å². The van der Waals surface area contributed by atoms with Crippen molar-refractivity contribution >= 4 is 11.9 Å². The van der Waals surface area contributed by atoms with Gasteiger partial charge in [-0.1, -0.05) is 38.5 Å². The minimum absolute atomic E-state index is 0.132. The van der Waals surface area contributed by atoms with E-state index in [4.69, 9.17) is 9.94 Å². The van der Waals surface area contributed by atoms with Crippen molar-refractivity contribution in [3.8, 4) is 0 Å². The maximum absolute atomic E-state index is 11.5. The normalized spacial score (nSPS) is 10.8. The fourth-order valence-corrected chi connectivity index (χ4v) is 2.15. The van der Waals surface area contributed by atoms with Gasteiger partial charge >= 0.3 is 11.9 Å². The predicted molar refractivity (Wildman–Crippen MR) is 82.8 cm³/mol.